The lowest BCUT2D eigenvalue weighted by molar-refractivity contribution is -0.384. The van der Waals surface area contributed by atoms with Crippen molar-refractivity contribution >= 4 is 5.69 Å². The highest BCUT2D eigenvalue weighted by Crippen LogP contribution is 2.25. The van der Waals surface area contributed by atoms with Crippen molar-refractivity contribution in [2.45, 2.75) is 38.8 Å². The van der Waals surface area contributed by atoms with E-state index in [0.717, 1.165) is 0 Å². The molecular weight excluding hydrogens is 258 g/mol. The number of nitriles is 1. The molecule has 1 aromatic rings. The van der Waals surface area contributed by atoms with Gasteiger partial charge in [-0.3, -0.25) is 10.1 Å². The van der Waals surface area contributed by atoms with E-state index in [1.165, 1.54) is 12.1 Å². The summed E-state index contributed by atoms with van der Waals surface area (Å²) in [6.45, 7) is 5.43. The lowest BCUT2D eigenvalue weighted by Gasteiger charge is -2.25. The van der Waals surface area contributed by atoms with Crippen LogP contribution in [0.4, 0.5) is 5.69 Å². The van der Waals surface area contributed by atoms with E-state index in [4.69, 9.17) is 10.00 Å². The molecule has 0 aliphatic carbocycles. The minimum Gasteiger partial charge on any atom is -0.490 e. The fraction of sp³-hybridized carbons (Fsp3) is 0.500. The zero-order valence-corrected chi connectivity index (χ0v) is 12.1. The molecule has 0 radical (unpaired) electrons. The molecular formula is C14H19N3O3. The third-order valence-electron chi connectivity index (χ3n) is 3.19. The van der Waals surface area contributed by atoms with Gasteiger partial charge in [-0.25, -0.2) is 0 Å². The Hall–Kier alpha value is -2.13. The fourth-order valence-corrected chi connectivity index (χ4v) is 1.92. The highest BCUT2D eigenvalue weighted by molar-refractivity contribution is 5.43. The summed E-state index contributed by atoms with van der Waals surface area (Å²) < 4.78 is 5.77. The van der Waals surface area contributed by atoms with Gasteiger partial charge in [0.25, 0.3) is 5.69 Å². The number of nitrogens with one attached hydrogen (secondary N) is 1. The molecule has 0 saturated heterocycles. The molecule has 108 valence electrons. The maximum absolute atomic E-state index is 10.7. The zero-order chi connectivity index (χ0) is 15.3. The molecule has 0 aliphatic heterocycles. The van der Waals surface area contributed by atoms with Crippen LogP contribution in [0.3, 0.4) is 0 Å². The molecule has 0 fully saturated rings. The number of aryl methyl sites for hydroxylation is 1. The van der Waals surface area contributed by atoms with Crippen LogP contribution in [0.1, 0.15) is 25.8 Å². The number of ether oxygens (including phenoxy) is 1. The molecule has 1 aromatic carbocycles. The first-order valence-corrected chi connectivity index (χ1v) is 6.33. The first kappa shape index (κ1) is 15.9. The molecule has 0 aromatic heterocycles. The number of rotatable bonds is 6. The number of nitrogens with zero attached hydrogens (tertiary/aromatic N) is 2. The number of benzene rings is 1. The van der Waals surface area contributed by atoms with Gasteiger partial charge in [-0.1, -0.05) is 0 Å². The van der Waals surface area contributed by atoms with Crippen molar-refractivity contribution in [2.24, 2.45) is 0 Å². The minimum atomic E-state index is -0.659. The molecule has 2 unspecified atom stereocenters. The maximum atomic E-state index is 10.7. The topological polar surface area (TPSA) is 88.2 Å². The second kappa shape index (κ2) is 6.35. The summed E-state index contributed by atoms with van der Waals surface area (Å²) in [7, 11) is 1.73. The highest BCUT2D eigenvalue weighted by atomic mass is 16.6. The van der Waals surface area contributed by atoms with E-state index in [1.807, 2.05) is 6.92 Å². The quantitative estimate of drug-likeness (QED) is 0.637. The number of hydrogen-bond acceptors (Lipinski definition) is 5. The largest absolute Gasteiger partial charge is 0.490 e. The van der Waals surface area contributed by atoms with Crippen molar-refractivity contribution in [3.05, 3.63) is 33.9 Å². The van der Waals surface area contributed by atoms with Gasteiger partial charge in [0.1, 0.15) is 11.3 Å². The van der Waals surface area contributed by atoms with Crippen molar-refractivity contribution in [1.29, 1.82) is 5.26 Å². The molecule has 0 saturated carbocycles. The third-order valence-corrected chi connectivity index (χ3v) is 3.19. The van der Waals surface area contributed by atoms with Crippen molar-refractivity contribution in [3.8, 4) is 11.8 Å². The first-order chi connectivity index (χ1) is 9.31. The second-order valence-electron chi connectivity index (χ2n) is 5.03. The summed E-state index contributed by atoms with van der Waals surface area (Å²) in [6, 6.07) is 6.68. The number of non-ortho nitro benzene ring substituents is 1. The molecule has 0 spiro atoms. The van der Waals surface area contributed by atoms with Gasteiger partial charge >= 0.3 is 0 Å². The van der Waals surface area contributed by atoms with Crippen LogP contribution in [-0.4, -0.2) is 23.6 Å². The van der Waals surface area contributed by atoms with Crippen molar-refractivity contribution in [1.82, 2.24) is 5.32 Å². The van der Waals surface area contributed by atoms with Crippen LogP contribution in [0, 0.1) is 28.4 Å². The Kier molecular flexibility index (Phi) is 5.06. The molecule has 6 heteroatoms. The van der Waals surface area contributed by atoms with E-state index < -0.39 is 10.5 Å². The number of hydrogen-bond donors (Lipinski definition) is 1. The molecule has 1 rings (SSSR count). The third kappa shape index (κ3) is 3.93. The Labute approximate surface area is 118 Å². The molecule has 20 heavy (non-hydrogen) atoms. The van der Waals surface area contributed by atoms with Gasteiger partial charge in [-0.05, 0) is 39.4 Å². The Morgan fingerprint density at radius 2 is 2.25 bits per heavy atom. The van der Waals surface area contributed by atoms with Gasteiger partial charge in [0.15, 0.2) is 0 Å². The maximum Gasteiger partial charge on any atom is 0.269 e. The average Bonchev–Trinajstić information content (AvgIpc) is 2.40. The van der Waals surface area contributed by atoms with Crippen LogP contribution in [0.5, 0.6) is 5.75 Å². The van der Waals surface area contributed by atoms with E-state index in [9.17, 15) is 10.1 Å². The van der Waals surface area contributed by atoms with E-state index in [0.29, 0.717) is 17.7 Å². The fourth-order valence-electron chi connectivity index (χ4n) is 1.92. The van der Waals surface area contributed by atoms with Gasteiger partial charge in [0.05, 0.1) is 17.1 Å². The van der Waals surface area contributed by atoms with Gasteiger partial charge in [0.2, 0.25) is 0 Å². The summed E-state index contributed by atoms with van der Waals surface area (Å²) in [5.41, 5.74) is 0.0856. The van der Waals surface area contributed by atoms with Crippen LogP contribution in [0.25, 0.3) is 0 Å². The van der Waals surface area contributed by atoms with Gasteiger partial charge in [-0.2, -0.15) is 5.26 Å². The molecule has 0 aliphatic rings. The molecule has 0 amide bonds. The smallest absolute Gasteiger partial charge is 0.269 e. The number of nitro groups is 1. The molecule has 0 bridgehead atoms. The van der Waals surface area contributed by atoms with Crippen LogP contribution in [-0.2, 0) is 0 Å². The highest BCUT2D eigenvalue weighted by Gasteiger charge is 2.25. The van der Waals surface area contributed by atoms with Gasteiger partial charge in [0, 0.05) is 18.6 Å². The average molecular weight is 277 g/mol. The van der Waals surface area contributed by atoms with E-state index in [1.54, 1.807) is 27.0 Å². The Morgan fingerprint density at radius 1 is 1.60 bits per heavy atom. The lowest BCUT2D eigenvalue weighted by Crippen LogP contribution is -2.41. The summed E-state index contributed by atoms with van der Waals surface area (Å²) in [6.07, 6.45) is 0.323. The van der Waals surface area contributed by atoms with Gasteiger partial charge < -0.3 is 10.1 Å². The predicted octanol–water partition coefficient (Wildman–Crippen LogP) is 2.56. The first-order valence-electron chi connectivity index (χ1n) is 6.33. The Bertz CT molecular complexity index is 539. The lowest BCUT2D eigenvalue weighted by atomic mass is 9.97. The molecule has 6 nitrogen and oxygen atoms in total. The van der Waals surface area contributed by atoms with E-state index >= 15 is 0 Å². The Morgan fingerprint density at radius 3 is 2.70 bits per heavy atom. The normalized spacial score (nSPS) is 14.9. The predicted molar refractivity (Wildman–Crippen MR) is 75.6 cm³/mol. The standard InChI is InChI=1S/C14H19N3O3/c1-10-7-12(17(18)19)5-6-13(10)20-11(2)8-14(3,9-15)16-4/h5-7,11,16H,8H2,1-4H3. The second-order valence-corrected chi connectivity index (χ2v) is 5.03. The van der Waals surface area contributed by atoms with Gasteiger partial charge in [-0.15, -0.1) is 0 Å². The molecule has 1 N–H and O–H groups in total. The summed E-state index contributed by atoms with van der Waals surface area (Å²) in [4.78, 5) is 10.2. The van der Waals surface area contributed by atoms with Crippen LogP contribution < -0.4 is 10.1 Å². The molecule has 2 atom stereocenters. The zero-order valence-electron chi connectivity index (χ0n) is 12.1. The van der Waals surface area contributed by atoms with Crippen molar-refractivity contribution < 1.29 is 9.66 Å². The molecule has 0 heterocycles. The van der Waals surface area contributed by atoms with Crippen LogP contribution in [0.15, 0.2) is 18.2 Å². The summed E-state index contributed by atoms with van der Waals surface area (Å²) >= 11 is 0. The monoisotopic (exact) mass is 277 g/mol. The number of nitro benzene ring substituents is 1. The van der Waals surface area contributed by atoms with Crippen LogP contribution >= 0.6 is 0 Å². The summed E-state index contributed by atoms with van der Waals surface area (Å²) in [5, 5.41) is 22.7. The van der Waals surface area contributed by atoms with E-state index in [2.05, 4.69) is 11.4 Å². The Balaban J connectivity index is 2.79. The SMILES string of the molecule is CNC(C)(C#N)CC(C)Oc1ccc([N+](=O)[O-])cc1C. The van der Waals surface area contributed by atoms with Crippen molar-refractivity contribution in [2.75, 3.05) is 7.05 Å². The van der Waals surface area contributed by atoms with Crippen LogP contribution in [0.2, 0.25) is 0 Å². The minimum absolute atomic E-state index is 0.0413. The van der Waals surface area contributed by atoms with Crippen molar-refractivity contribution in [3.63, 3.8) is 0 Å². The summed E-state index contributed by atoms with van der Waals surface area (Å²) in [5.74, 6) is 0.597. The van der Waals surface area contributed by atoms with E-state index in [-0.39, 0.29) is 11.8 Å².